The van der Waals surface area contributed by atoms with Gasteiger partial charge in [-0.15, -0.1) is 10.2 Å². The summed E-state index contributed by atoms with van der Waals surface area (Å²) >= 11 is 0. The van der Waals surface area contributed by atoms with Crippen LogP contribution in [0.3, 0.4) is 0 Å². The van der Waals surface area contributed by atoms with Crippen LogP contribution in [0.2, 0.25) is 0 Å². The van der Waals surface area contributed by atoms with E-state index in [2.05, 4.69) is 34.2 Å². The normalized spacial score (nSPS) is 21.3. The Morgan fingerprint density at radius 2 is 1.86 bits per heavy atom. The highest BCUT2D eigenvalue weighted by atomic mass is 19.1. The maximum atomic E-state index is 14.3. The Bertz CT molecular complexity index is 1030. The van der Waals surface area contributed by atoms with Crippen LogP contribution in [0.15, 0.2) is 28.7 Å². The van der Waals surface area contributed by atoms with Crippen molar-refractivity contribution in [2.75, 3.05) is 7.11 Å². The quantitative estimate of drug-likeness (QED) is 0.635. The second-order valence-corrected chi connectivity index (χ2v) is 7.93. The van der Waals surface area contributed by atoms with Gasteiger partial charge in [0.25, 0.3) is 0 Å². The number of aromatic nitrogens is 4. The molecule has 0 fully saturated rings. The van der Waals surface area contributed by atoms with Crippen molar-refractivity contribution >= 4 is 0 Å². The van der Waals surface area contributed by atoms with Gasteiger partial charge in [-0.25, -0.2) is 8.78 Å². The van der Waals surface area contributed by atoms with Gasteiger partial charge in [-0.05, 0) is 55.4 Å². The third-order valence-corrected chi connectivity index (χ3v) is 5.78. The molecule has 1 aromatic carbocycles. The maximum absolute atomic E-state index is 14.3. The zero-order valence-corrected chi connectivity index (χ0v) is 16.7. The molecule has 152 valence electrons. The predicted octanol–water partition coefficient (Wildman–Crippen LogP) is 4.65. The summed E-state index contributed by atoms with van der Waals surface area (Å²) in [5, 5.41) is 16.6. The molecule has 4 rings (SSSR count). The van der Waals surface area contributed by atoms with Crippen LogP contribution >= 0.6 is 0 Å². The van der Waals surface area contributed by atoms with Crippen molar-refractivity contribution in [1.82, 2.24) is 20.4 Å². The van der Waals surface area contributed by atoms with Crippen LogP contribution in [-0.4, -0.2) is 27.5 Å². The van der Waals surface area contributed by atoms with Crippen LogP contribution in [-0.2, 0) is 5.41 Å². The molecule has 1 aliphatic rings. The van der Waals surface area contributed by atoms with Gasteiger partial charge in [-0.1, -0.05) is 25.0 Å². The van der Waals surface area contributed by atoms with Gasteiger partial charge < -0.3 is 9.15 Å². The third kappa shape index (κ3) is 3.16. The van der Waals surface area contributed by atoms with Crippen LogP contribution in [0.5, 0.6) is 6.08 Å². The van der Waals surface area contributed by atoms with Gasteiger partial charge in [0.2, 0.25) is 5.89 Å². The number of halogens is 2. The van der Waals surface area contributed by atoms with Crippen molar-refractivity contribution in [3.8, 4) is 17.3 Å². The Morgan fingerprint density at radius 3 is 2.48 bits per heavy atom. The first-order chi connectivity index (χ1) is 13.8. The van der Waals surface area contributed by atoms with Crippen molar-refractivity contribution < 1.29 is 17.9 Å². The largest absolute Gasteiger partial charge is 0.452 e. The Hall–Kier alpha value is -2.90. The molecular weight excluding hydrogens is 378 g/mol. The standard InChI is InChI=1S/C21H22F2N4O2/c1-11(2)12-8-9-21(3,19-26-27-20(28-4)29-19)18-13(12)10-16(24-25-18)17-14(22)6-5-7-15(17)23/h5-7,10-12H,8-9H2,1-4H3/t12-,21+/m1/s1. The minimum absolute atomic E-state index is 0.0757. The topological polar surface area (TPSA) is 73.9 Å². The number of hydrogen-bond donors (Lipinski definition) is 0. The Morgan fingerprint density at radius 1 is 1.14 bits per heavy atom. The molecular formula is C21H22F2N4O2. The van der Waals surface area contributed by atoms with Crippen LogP contribution in [0, 0.1) is 17.6 Å². The van der Waals surface area contributed by atoms with E-state index in [0.717, 1.165) is 18.4 Å². The molecule has 1 aliphatic carbocycles. The van der Waals surface area contributed by atoms with Gasteiger partial charge >= 0.3 is 6.08 Å². The van der Waals surface area contributed by atoms with E-state index in [4.69, 9.17) is 9.15 Å². The van der Waals surface area contributed by atoms with Crippen LogP contribution in [0.25, 0.3) is 11.3 Å². The van der Waals surface area contributed by atoms with E-state index >= 15 is 0 Å². The summed E-state index contributed by atoms with van der Waals surface area (Å²) in [7, 11) is 1.46. The first-order valence-electron chi connectivity index (χ1n) is 9.55. The highest BCUT2D eigenvalue weighted by Crippen LogP contribution is 2.48. The number of benzene rings is 1. The second-order valence-electron chi connectivity index (χ2n) is 7.93. The average molecular weight is 400 g/mol. The Kier molecular flexibility index (Phi) is 4.80. The summed E-state index contributed by atoms with van der Waals surface area (Å²) in [4.78, 5) is 0. The molecule has 2 atom stereocenters. The van der Waals surface area contributed by atoms with E-state index < -0.39 is 17.0 Å². The lowest BCUT2D eigenvalue weighted by Gasteiger charge is -2.37. The zero-order chi connectivity index (χ0) is 20.8. The van der Waals surface area contributed by atoms with Gasteiger partial charge in [-0.2, -0.15) is 5.10 Å². The highest BCUT2D eigenvalue weighted by molar-refractivity contribution is 5.62. The van der Waals surface area contributed by atoms with Crippen molar-refractivity contribution in [2.24, 2.45) is 5.92 Å². The van der Waals surface area contributed by atoms with E-state index in [9.17, 15) is 8.78 Å². The molecule has 0 radical (unpaired) electrons. The number of ether oxygens (including phenoxy) is 1. The molecule has 0 spiro atoms. The van der Waals surface area contributed by atoms with Gasteiger partial charge in [0.05, 0.1) is 29.5 Å². The molecule has 0 amide bonds. The number of methoxy groups -OCH3 is 1. The zero-order valence-electron chi connectivity index (χ0n) is 16.7. The van der Waals surface area contributed by atoms with E-state index in [0.29, 0.717) is 17.5 Å². The Labute approximate surface area is 167 Å². The first-order valence-corrected chi connectivity index (χ1v) is 9.55. The second kappa shape index (κ2) is 7.17. The predicted molar refractivity (Wildman–Crippen MR) is 102 cm³/mol. The first kappa shape index (κ1) is 19.4. The lowest BCUT2D eigenvalue weighted by molar-refractivity contribution is 0.248. The molecule has 6 nitrogen and oxygen atoms in total. The number of fused-ring (bicyclic) bond motifs is 1. The van der Waals surface area contributed by atoms with E-state index in [1.807, 2.05) is 6.92 Å². The number of rotatable bonds is 4. The molecule has 2 heterocycles. The summed E-state index contributed by atoms with van der Waals surface area (Å²) in [6.07, 6.45) is 1.65. The van der Waals surface area contributed by atoms with E-state index in [1.54, 1.807) is 6.07 Å². The van der Waals surface area contributed by atoms with Gasteiger partial charge in [0.1, 0.15) is 11.6 Å². The van der Waals surface area contributed by atoms with Gasteiger partial charge in [0, 0.05) is 0 Å². The fourth-order valence-corrected chi connectivity index (χ4v) is 4.12. The molecule has 8 heteroatoms. The highest BCUT2D eigenvalue weighted by Gasteiger charge is 2.44. The lowest BCUT2D eigenvalue weighted by atomic mass is 9.67. The molecule has 29 heavy (non-hydrogen) atoms. The Balaban J connectivity index is 1.89. The number of nitrogens with zero attached hydrogens (tertiary/aromatic N) is 4. The minimum Gasteiger partial charge on any atom is -0.452 e. The smallest absolute Gasteiger partial charge is 0.414 e. The fraction of sp³-hybridized carbons (Fsp3) is 0.429. The van der Waals surface area contributed by atoms with Crippen LogP contribution < -0.4 is 4.74 Å². The molecule has 0 bridgehead atoms. The molecule has 0 unspecified atom stereocenters. The molecule has 0 saturated heterocycles. The van der Waals surface area contributed by atoms with Gasteiger partial charge in [0.15, 0.2) is 0 Å². The van der Waals surface area contributed by atoms with Crippen molar-refractivity contribution in [3.63, 3.8) is 0 Å². The monoisotopic (exact) mass is 400 g/mol. The summed E-state index contributed by atoms with van der Waals surface area (Å²) < 4.78 is 39.3. The fourth-order valence-electron chi connectivity index (χ4n) is 4.12. The summed E-state index contributed by atoms with van der Waals surface area (Å²) in [5.41, 5.74) is 0.936. The SMILES string of the molecule is COc1nnc([C@@]2(C)CC[C@H](C(C)C)c3cc(-c4c(F)cccc4F)nnc32)o1. The molecule has 3 aromatic rings. The molecule has 2 aromatic heterocycles. The molecule has 0 N–H and O–H groups in total. The number of hydrogen-bond acceptors (Lipinski definition) is 6. The lowest BCUT2D eigenvalue weighted by Crippen LogP contribution is -2.34. The summed E-state index contributed by atoms with van der Waals surface area (Å²) in [6.45, 7) is 6.21. The molecule has 0 aliphatic heterocycles. The summed E-state index contributed by atoms with van der Waals surface area (Å²) in [5.74, 6) is -0.456. The van der Waals surface area contributed by atoms with Crippen molar-refractivity contribution in [1.29, 1.82) is 0 Å². The molecule has 0 saturated carbocycles. The van der Waals surface area contributed by atoms with Gasteiger partial charge in [-0.3, -0.25) is 0 Å². The van der Waals surface area contributed by atoms with Crippen LogP contribution in [0.4, 0.5) is 8.78 Å². The summed E-state index contributed by atoms with van der Waals surface area (Å²) in [6, 6.07) is 5.51. The third-order valence-electron chi connectivity index (χ3n) is 5.78. The average Bonchev–Trinajstić information content (AvgIpc) is 3.18. The minimum atomic E-state index is -0.666. The maximum Gasteiger partial charge on any atom is 0.414 e. The van der Waals surface area contributed by atoms with E-state index in [1.165, 1.54) is 25.3 Å². The van der Waals surface area contributed by atoms with Crippen molar-refractivity contribution in [3.05, 3.63) is 53.0 Å². The van der Waals surface area contributed by atoms with Crippen molar-refractivity contribution in [2.45, 2.75) is 44.9 Å². The van der Waals surface area contributed by atoms with Crippen LogP contribution in [0.1, 0.15) is 56.7 Å². The van der Waals surface area contributed by atoms with E-state index in [-0.39, 0.29) is 23.3 Å².